The molecule has 0 unspecified atom stereocenters. The maximum Gasteiger partial charge on any atom is 0.272 e. The molecule has 0 bridgehead atoms. The molecule has 106 valence electrons. The molecule has 1 N–H and O–H groups in total. The standard InChI is InChI=1S/C17H17N3O/c1-20(2)16-10-6-3-7-12(16)11-15-13-8-4-5-9-14(13)17(21)19-18-15/h3-10H,11H2,1-2H3,(H,19,21). The Morgan fingerprint density at radius 1 is 1.00 bits per heavy atom. The van der Waals surface area contributed by atoms with Crippen LogP contribution < -0.4 is 10.5 Å². The molecule has 0 fully saturated rings. The Kier molecular flexibility index (Phi) is 3.44. The van der Waals surface area contributed by atoms with E-state index in [0.717, 1.165) is 16.8 Å². The summed E-state index contributed by atoms with van der Waals surface area (Å²) in [5.74, 6) is 0. The summed E-state index contributed by atoms with van der Waals surface area (Å²) in [6.07, 6.45) is 0.686. The first kappa shape index (κ1) is 13.4. The average molecular weight is 279 g/mol. The van der Waals surface area contributed by atoms with Crippen molar-refractivity contribution < 1.29 is 0 Å². The molecule has 3 aromatic rings. The maximum atomic E-state index is 11.8. The average Bonchev–Trinajstić information content (AvgIpc) is 2.51. The summed E-state index contributed by atoms with van der Waals surface area (Å²) in [5.41, 5.74) is 3.09. The van der Waals surface area contributed by atoms with Gasteiger partial charge in [0.15, 0.2) is 0 Å². The zero-order valence-corrected chi connectivity index (χ0v) is 12.1. The van der Waals surface area contributed by atoms with Crippen LogP contribution in [0.15, 0.2) is 53.3 Å². The molecular formula is C17H17N3O. The molecule has 21 heavy (non-hydrogen) atoms. The number of aromatic nitrogens is 2. The lowest BCUT2D eigenvalue weighted by molar-refractivity contribution is 0.930. The number of hydrogen-bond acceptors (Lipinski definition) is 3. The van der Waals surface area contributed by atoms with Gasteiger partial charge in [-0.2, -0.15) is 5.10 Å². The SMILES string of the molecule is CN(C)c1ccccc1Cc1n[nH]c(=O)c2ccccc12. The monoisotopic (exact) mass is 279 g/mol. The second-order valence-electron chi connectivity index (χ2n) is 5.24. The van der Waals surface area contributed by atoms with Crippen molar-refractivity contribution in [3.8, 4) is 0 Å². The summed E-state index contributed by atoms with van der Waals surface area (Å²) in [4.78, 5) is 13.9. The minimum atomic E-state index is -0.143. The number of aromatic amines is 1. The Hall–Kier alpha value is -2.62. The third-order valence-electron chi connectivity index (χ3n) is 3.61. The molecule has 3 rings (SSSR count). The maximum absolute atomic E-state index is 11.8. The van der Waals surface area contributed by atoms with E-state index < -0.39 is 0 Å². The predicted molar refractivity (Wildman–Crippen MR) is 85.9 cm³/mol. The van der Waals surface area contributed by atoms with Crippen LogP contribution in [0, 0.1) is 0 Å². The number of nitrogens with one attached hydrogen (secondary N) is 1. The van der Waals surface area contributed by atoms with E-state index in [4.69, 9.17) is 0 Å². The van der Waals surface area contributed by atoms with Crippen molar-refractivity contribution in [1.82, 2.24) is 10.2 Å². The van der Waals surface area contributed by atoms with E-state index in [9.17, 15) is 4.79 Å². The lowest BCUT2D eigenvalue weighted by Crippen LogP contribution is -2.14. The van der Waals surface area contributed by atoms with Gasteiger partial charge in [-0.3, -0.25) is 4.79 Å². The van der Waals surface area contributed by atoms with Crippen molar-refractivity contribution in [1.29, 1.82) is 0 Å². The van der Waals surface area contributed by atoms with Crippen LogP contribution >= 0.6 is 0 Å². The van der Waals surface area contributed by atoms with E-state index in [2.05, 4.69) is 27.2 Å². The second kappa shape index (κ2) is 5.40. The molecule has 4 heteroatoms. The Morgan fingerprint density at radius 3 is 2.43 bits per heavy atom. The molecule has 0 radical (unpaired) electrons. The molecule has 1 heterocycles. The van der Waals surface area contributed by atoms with Crippen LogP contribution in [0.3, 0.4) is 0 Å². The van der Waals surface area contributed by atoms with Gasteiger partial charge in [-0.05, 0) is 17.7 Å². The van der Waals surface area contributed by atoms with Gasteiger partial charge in [-0.1, -0.05) is 36.4 Å². The Balaban J connectivity index is 2.11. The van der Waals surface area contributed by atoms with Crippen LogP contribution in [0.25, 0.3) is 10.8 Å². The molecule has 0 aliphatic rings. The second-order valence-corrected chi connectivity index (χ2v) is 5.24. The number of nitrogens with zero attached hydrogens (tertiary/aromatic N) is 2. The first-order chi connectivity index (χ1) is 10.2. The van der Waals surface area contributed by atoms with Crippen LogP contribution in [0.2, 0.25) is 0 Å². The van der Waals surface area contributed by atoms with Crippen molar-refractivity contribution in [2.45, 2.75) is 6.42 Å². The summed E-state index contributed by atoms with van der Waals surface area (Å²) >= 11 is 0. The van der Waals surface area contributed by atoms with Gasteiger partial charge in [0, 0.05) is 31.6 Å². The van der Waals surface area contributed by atoms with Crippen molar-refractivity contribution in [3.05, 3.63) is 70.1 Å². The van der Waals surface area contributed by atoms with Crippen molar-refractivity contribution in [3.63, 3.8) is 0 Å². The third-order valence-corrected chi connectivity index (χ3v) is 3.61. The highest BCUT2D eigenvalue weighted by Gasteiger charge is 2.10. The quantitative estimate of drug-likeness (QED) is 0.801. The minimum absolute atomic E-state index is 0.143. The lowest BCUT2D eigenvalue weighted by atomic mass is 10.0. The summed E-state index contributed by atoms with van der Waals surface area (Å²) < 4.78 is 0. The number of para-hydroxylation sites is 1. The molecule has 0 spiro atoms. The van der Waals surface area contributed by atoms with Crippen LogP contribution in [-0.2, 0) is 6.42 Å². The third kappa shape index (κ3) is 2.52. The summed E-state index contributed by atoms with van der Waals surface area (Å²) in [6.45, 7) is 0. The molecule has 0 saturated carbocycles. The number of H-pyrrole nitrogens is 1. The Morgan fingerprint density at radius 2 is 1.67 bits per heavy atom. The molecule has 1 aromatic heterocycles. The lowest BCUT2D eigenvalue weighted by Gasteiger charge is -2.17. The summed E-state index contributed by atoms with van der Waals surface area (Å²) in [5, 5.41) is 8.44. The van der Waals surface area contributed by atoms with E-state index in [0.29, 0.717) is 11.8 Å². The fraction of sp³-hybridized carbons (Fsp3) is 0.176. The van der Waals surface area contributed by atoms with Crippen LogP contribution in [0.4, 0.5) is 5.69 Å². The molecule has 0 aliphatic heterocycles. The molecule has 0 atom stereocenters. The fourth-order valence-electron chi connectivity index (χ4n) is 2.58. The van der Waals surface area contributed by atoms with Gasteiger partial charge in [-0.25, -0.2) is 5.10 Å². The smallest absolute Gasteiger partial charge is 0.272 e. The topological polar surface area (TPSA) is 49.0 Å². The molecular weight excluding hydrogens is 262 g/mol. The predicted octanol–water partition coefficient (Wildman–Crippen LogP) is 2.58. The Bertz CT molecular complexity index is 837. The number of rotatable bonds is 3. The highest BCUT2D eigenvalue weighted by Crippen LogP contribution is 2.23. The van der Waals surface area contributed by atoms with Crippen molar-refractivity contribution in [2.75, 3.05) is 19.0 Å². The normalized spacial score (nSPS) is 10.8. The first-order valence-corrected chi connectivity index (χ1v) is 6.88. The highest BCUT2D eigenvalue weighted by atomic mass is 16.1. The van der Waals surface area contributed by atoms with Gasteiger partial charge >= 0.3 is 0 Å². The number of fused-ring (bicyclic) bond motifs is 1. The van der Waals surface area contributed by atoms with E-state index in [-0.39, 0.29) is 5.56 Å². The summed E-state index contributed by atoms with van der Waals surface area (Å²) in [6, 6.07) is 15.8. The van der Waals surface area contributed by atoms with Crippen LogP contribution in [0.1, 0.15) is 11.3 Å². The number of benzene rings is 2. The largest absolute Gasteiger partial charge is 0.377 e. The molecule has 2 aromatic carbocycles. The number of anilines is 1. The van der Waals surface area contributed by atoms with Gasteiger partial charge < -0.3 is 4.90 Å². The zero-order valence-electron chi connectivity index (χ0n) is 12.1. The van der Waals surface area contributed by atoms with Gasteiger partial charge in [0.1, 0.15) is 0 Å². The van der Waals surface area contributed by atoms with E-state index in [1.165, 1.54) is 5.56 Å². The van der Waals surface area contributed by atoms with Gasteiger partial charge in [0.2, 0.25) is 0 Å². The first-order valence-electron chi connectivity index (χ1n) is 6.88. The van der Waals surface area contributed by atoms with E-state index >= 15 is 0 Å². The Labute approximate surface area is 123 Å². The minimum Gasteiger partial charge on any atom is -0.377 e. The molecule has 4 nitrogen and oxygen atoms in total. The van der Waals surface area contributed by atoms with Crippen LogP contribution in [-0.4, -0.2) is 24.3 Å². The molecule has 0 aliphatic carbocycles. The fourth-order valence-corrected chi connectivity index (χ4v) is 2.58. The number of hydrogen-bond donors (Lipinski definition) is 1. The van der Waals surface area contributed by atoms with E-state index in [1.54, 1.807) is 0 Å². The zero-order chi connectivity index (χ0) is 14.8. The summed E-state index contributed by atoms with van der Waals surface area (Å²) in [7, 11) is 4.05. The van der Waals surface area contributed by atoms with Gasteiger partial charge in [0.05, 0.1) is 11.1 Å². The van der Waals surface area contributed by atoms with Gasteiger partial charge in [0.25, 0.3) is 5.56 Å². The van der Waals surface area contributed by atoms with Crippen molar-refractivity contribution >= 4 is 16.5 Å². The van der Waals surface area contributed by atoms with Crippen LogP contribution in [0.5, 0.6) is 0 Å². The molecule has 0 saturated heterocycles. The highest BCUT2D eigenvalue weighted by molar-refractivity contribution is 5.83. The van der Waals surface area contributed by atoms with Gasteiger partial charge in [-0.15, -0.1) is 0 Å². The molecule has 0 amide bonds. The van der Waals surface area contributed by atoms with E-state index in [1.807, 2.05) is 50.5 Å². The van der Waals surface area contributed by atoms with Crippen molar-refractivity contribution in [2.24, 2.45) is 0 Å².